The Morgan fingerprint density at radius 2 is 2.23 bits per heavy atom. The third kappa shape index (κ3) is 5.42. The molecular weight excluding hydrogens is 234 g/mol. The number of esters is 1. The summed E-state index contributed by atoms with van der Waals surface area (Å²) < 4.78 is 4.32. The average Bonchev–Trinajstić information content (AvgIpc) is 1.99. The van der Waals surface area contributed by atoms with Crippen LogP contribution in [-0.4, -0.2) is 16.9 Å². The molecule has 0 aromatic rings. The number of allylic oxidation sites excluding steroid dienone is 1. The van der Waals surface area contributed by atoms with Crippen LogP contribution in [-0.2, 0) is 9.53 Å². The van der Waals surface area contributed by atoms with Gasteiger partial charge in [-0.15, -0.1) is 0 Å². The van der Waals surface area contributed by atoms with E-state index in [1.165, 1.54) is 6.08 Å². The lowest BCUT2D eigenvalue weighted by Gasteiger charge is -2.09. The van der Waals surface area contributed by atoms with Crippen LogP contribution in [0, 0.1) is 11.3 Å². The van der Waals surface area contributed by atoms with Gasteiger partial charge >= 0.3 is 5.97 Å². The molecule has 0 heterocycles. The van der Waals surface area contributed by atoms with Crippen molar-refractivity contribution in [3.8, 4) is 6.07 Å². The first-order chi connectivity index (χ1) is 5.90. The monoisotopic (exact) mass is 245 g/mol. The summed E-state index contributed by atoms with van der Waals surface area (Å²) in [6.07, 6.45) is 1.53. The number of carbonyl (C=O) groups is 1. The highest BCUT2D eigenvalue weighted by atomic mass is 79.9. The van der Waals surface area contributed by atoms with Crippen LogP contribution in [0.2, 0.25) is 0 Å². The molecule has 0 aliphatic rings. The lowest BCUT2D eigenvalue weighted by Crippen LogP contribution is -2.12. The molecule has 0 unspecified atom stereocenters. The fraction of sp³-hybridized carbons (Fsp3) is 0.556. The Bertz CT molecular complexity index is 258. The molecule has 0 rings (SSSR count). The summed E-state index contributed by atoms with van der Waals surface area (Å²) in [5, 5.41) is 8.65. The summed E-state index contributed by atoms with van der Waals surface area (Å²) in [6.45, 7) is 5.65. The molecule has 0 bridgehead atoms. The molecule has 72 valence electrons. The van der Waals surface area contributed by atoms with E-state index in [0.29, 0.717) is 0 Å². The van der Waals surface area contributed by atoms with Crippen LogP contribution in [0.3, 0.4) is 0 Å². The Balaban J connectivity index is 4.64. The summed E-state index contributed by atoms with van der Waals surface area (Å²) in [5.41, 5.74) is 0.0312. The minimum atomic E-state index is -0.572. The maximum atomic E-state index is 11.1. The highest BCUT2D eigenvalue weighted by Crippen LogP contribution is 2.19. The molecular formula is C9H12BrNO2. The van der Waals surface area contributed by atoms with E-state index in [2.05, 4.69) is 15.9 Å². The molecule has 3 nitrogen and oxygen atoms in total. The average molecular weight is 246 g/mol. The third-order valence-electron chi connectivity index (χ3n) is 1.10. The third-order valence-corrected chi connectivity index (χ3v) is 1.33. The predicted octanol–water partition coefficient (Wildman–Crippen LogP) is 2.17. The summed E-state index contributed by atoms with van der Waals surface area (Å²) in [4.78, 5) is 11.1. The Labute approximate surface area is 86.5 Å². The topological polar surface area (TPSA) is 50.1 Å². The molecule has 13 heavy (non-hydrogen) atoms. The van der Waals surface area contributed by atoms with Crippen molar-refractivity contribution in [1.82, 2.24) is 0 Å². The molecule has 0 amide bonds. The lowest BCUT2D eigenvalue weighted by molar-refractivity contribution is -0.138. The van der Waals surface area contributed by atoms with E-state index in [0.717, 1.165) is 0 Å². The first-order valence-electron chi connectivity index (χ1n) is 3.89. The van der Waals surface area contributed by atoms with Gasteiger partial charge in [-0.3, -0.25) is 0 Å². The van der Waals surface area contributed by atoms with E-state index < -0.39 is 5.97 Å². The SMILES string of the molecule is CCOC(=O)C(C#N)=CC(C)(C)Br. The fourth-order valence-corrected chi connectivity index (χ4v) is 0.918. The maximum absolute atomic E-state index is 11.1. The van der Waals surface area contributed by atoms with Crippen LogP contribution < -0.4 is 0 Å². The summed E-state index contributed by atoms with van der Waals surface area (Å²) in [5.74, 6) is -0.572. The summed E-state index contributed by atoms with van der Waals surface area (Å²) in [6, 6.07) is 1.80. The van der Waals surface area contributed by atoms with Crippen molar-refractivity contribution >= 4 is 21.9 Å². The van der Waals surface area contributed by atoms with Gasteiger partial charge in [0.2, 0.25) is 0 Å². The van der Waals surface area contributed by atoms with Gasteiger partial charge in [-0.2, -0.15) is 5.26 Å². The van der Waals surface area contributed by atoms with Crippen molar-refractivity contribution in [1.29, 1.82) is 5.26 Å². The number of halogens is 1. The molecule has 0 aromatic heterocycles. The van der Waals surface area contributed by atoms with E-state index in [-0.39, 0.29) is 16.5 Å². The van der Waals surface area contributed by atoms with Crippen LogP contribution in [0.25, 0.3) is 0 Å². The molecule has 0 spiro atoms. The Kier molecular flexibility index (Phi) is 4.71. The Morgan fingerprint density at radius 1 is 1.69 bits per heavy atom. The van der Waals surface area contributed by atoms with Crippen molar-refractivity contribution < 1.29 is 9.53 Å². The van der Waals surface area contributed by atoms with Gasteiger partial charge in [-0.05, 0) is 26.8 Å². The van der Waals surface area contributed by atoms with Gasteiger partial charge in [0.1, 0.15) is 11.6 Å². The number of hydrogen-bond donors (Lipinski definition) is 0. The van der Waals surface area contributed by atoms with E-state index >= 15 is 0 Å². The molecule has 4 heteroatoms. The molecule has 0 aliphatic carbocycles. The second kappa shape index (κ2) is 5.03. The maximum Gasteiger partial charge on any atom is 0.348 e. The molecule has 0 aliphatic heterocycles. The molecule has 0 radical (unpaired) electrons. The van der Waals surface area contributed by atoms with Crippen molar-refractivity contribution in [2.75, 3.05) is 6.61 Å². The number of hydrogen-bond acceptors (Lipinski definition) is 3. The van der Waals surface area contributed by atoms with Crippen molar-refractivity contribution in [3.05, 3.63) is 11.6 Å². The van der Waals surface area contributed by atoms with Gasteiger partial charge < -0.3 is 4.74 Å². The van der Waals surface area contributed by atoms with Crippen molar-refractivity contribution in [2.24, 2.45) is 0 Å². The Morgan fingerprint density at radius 3 is 2.54 bits per heavy atom. The number of alkyl halides is 1. The quantitative estimate of drug-likeness (QED) is 0.332. The van der Waals surface area contributed by atoms with E-state index in [1.54, 1.807) is 13.0 Å². The van der Waals surface area contributed by atoms with Crippen LogP contribution in [0.15, 0.2) is 11.6 Å². The number of ether oxygens (including phenoxy) is 1. The van der Waals surface area contributed by atoms with Gasteiger partial charge in [0.15, 0.2) is 0 Å². The first-order valence-corrected chi connectivity index (χ1v) is 4.69. The minimum absolute atomic E-state index is 0.0312. The Hall–Kier alpha value is -0.820. The van der Waals surface area contributed by atoms with Crippen LogP contribution in [0.5, 0.6) is 0 Å². The fourth-order valence-electron chi connectivity index (χ4n) is 0.689. The van der Waals surface area contributed by atoms with Crippen LogP contribution in [0.1, 0.15) is 20.8 Å². The smallest absolute Gasteiger partial charge is 0.348 e. The van der Waals surface area contributed by atoms with Crippen molar-refractivity contribution in [3.63, 3.8) is 0 Å². The lowest BCUT2D eigenvalue weighted by atomic mass is 10.1. The van der Waals surface area contributed by atoms with Gasteiger partial charge in [0.25, 0.3) is 0 Å². The summed E-state index contributed by atoms with van der Waals surface area (Å²) >= 11 is 3.30. The number of nitrogens with zero attached hydrogens (tertiary/aromatic N) is 1. The number of carbonyl (C=O) groups excluding carboxylic acids is 1. The highest BCUT2D eigenvalue weighted by Gasteiger charge is 2.16. The number of nitriles is 1. The second-order valence-corrected chi connectivity index (χ2v) is 5.00. The largest absolute Gasteiger partial charge is 0.462 e. The molecule has 0 N–H and O–H groups in total. The zero-order valence-corrected chi connectivity index (χ0v) is 9.51. The molecule has 0 saturated carbocycles. The second-order valence-electron chi connectivity index (χ2n) is 2.95. The normalized spacial score (nSPS) is 12.1. The van der Waals surface area contributed by atoms with Gasteiger partial charge in [0, 0.05) is 4.32 Å². The molecule has 0 atom stereocenters. The van der Waals surface area contributed by atoms with E-state index in [9.17, 15) is 4.79 Å². The predicted molar refractivity (Wildman–Crippen MR) is 53.3 cm³/mol. The minimum Gasteiger partial charge on any atom is -0.462 e. The highest BCUT2D eigenvalue weighted by molar-refractivity contribution is 9.10. The first kappa shape index (κ1) is 12.2. The standard InChI is InChI=1S/C9H12BrNO2/c1-4-13-8(12)7(6-11)5-9(2,3)10/h5H,4H2,1-3H3. The van der Waals surface area contributed by atoms with Gasteiger partial charge in [0.05, 0.1) is 6.61 Å². The molecule has 0 saturated heterocycles. The zero-order chi connectivity index (χ0) is 10.5. The van der Waals surface area contributed by atoms with Crippen LogP contribution >= 0.6 is 15.9 Å². The zero-order valence-electron chi connectivity index (χ0n) is 7.93. The van der Waals surface area contributed by atoms with E-state index in [4.69, 9.17) is 10.00 Å². The number of rotatable bonds is 3. The van der Waals surface area contributed by atoms with E-state index in [1.807, 2.05) is 13.8 Å². The molecule has 0 aromatic carbocycles. The molecule has 0 fully saturated rings. The van der Waals surface area contributed by atoms with Gasteiger partial charge in [-0.25, -0.2) is 4.79 Å². The summed E-state index contributed by atoms with van der Waals surface area (Å²) in [7, 11) is 0. The van der Waals surface area contributed by atoms with Crippen LogP contribution in [0.4, 0.5) is 0 Å². The van der Waals surface area contributed by atoms with Gasteiger partial charge in [-0.1, -0.05) is 15.9 Å². The van der Waals surface area contributed by atoms with Crippen molar-refractivity contribution in [2.45, 2.75) is 25.1 Å².